The summed E-state index contributed by atoms with van der Waals surface area (Å²) in [7, 11) is 8.50. The molecule has 152 valence electrons. The quantitative estimate of drug-likeness (QED) is 0.421. The Morgan fingerprint density at radius 2 is 0.880 bits per heavy atom. The molecule has 0 bridgehead atoms. The van der Waals surface area contributed by atoms with Crippen molar-refractivity contribution >= 4 is 0 Å². The predicted molar refractivity (Wildman–Crippen MR) is 107 cm³/mol. The van der Waals surface area contributed by atoms with Crippen molar-refractivity contribution in [3.05, 3.63) is 0 Å². The minimum Gasteiger partial charge on any atom is -0.392 e. The molecule has 0 aromatic carbocycles. The normalized spacial score (nSPS) is 14.9. The van der Waals surface area contributed by atoms with Gasteiger partial charge in [-0.2, -0.15) is 0 Å². The highest BCUT2D eigenvalue weighted by molar-refractivity contribution is 4.67. The van der Waals surface area contributed by atoms with Crippen molar-refractivity contribution in [1.29, 1.82) is 0 Å². The largest absolute Gasteiger partial charge is 0.392 e. The summed E-state index contributed by atoms with van der Waals surface area (Å²) in [6.07, 6.45) is 2.76. The van der Waals surface area contributed by atoms with Gasteiger partial charge in [-0.1, -0.05) is 0 Å². The molecule has 2 atom stereocenters. The summed E-state index contributed by atoms with van der Waals surface area (Å²) in [5, 5.41) is 19.3. The van der Waals surface area contributed by atoms with Gasteiger partial charge in [-0.25, -0.2) is 0 Å². The fraction of sp³-hybridized carbons (Fsp3) is 1.00. The zero-order valence-corrected chi connectivity index (χ0v) is 17.6. The molecule has 0 fully saturated rings. The molecular weight excluding hydrogens is 316 g/mol. The molecule has 0 heterocycles. The summed E-state index contributed by atoms with van der Waals surface area (Å²) < 4.78 is 0. The van der Waals surface area contributed by atoms with E-state index in [1.807, 2.05) is 13.8 Å². The van der Waals surface area contributed by atoms with Crippen molar-refractivity contribution < 1.29 is 10.2 Å². The zero-order valence-electron chi connectivity index (χ0n) is 17.6. The monoisotopic (exact) mass is 360 g/mol. The molecule has 6 heteroatoms. The van der Waals surface area contributed by atoms with Gasteiger partial charge in [-0.15, -0.1) is 0 Å². The molecule has 0 radical (unpaired) electrons. The maximum Gasteiger partial charge on any atom is 0.0639 e. The van der Waals surface area contributed by atoms with E-state index in [4.69, 9.17) is 0 Å². The van der Waals surface area contributed by atoms with Gasteiger partial charge >= 0.3 is 0 Å². The van der Waals surface area contributed by atoms with Gasteiger partial charge in [-0.05, 0) is 101 Å². The molecular formula is C19H44N4O2. The van der Waals surface area contributed by atoms with Crippen LogP contribution in [-0.2, 0) is 0 Å². The van der Waals surface area contributed by atoms with E-state index >= 15 is 0 Å². The average molecular weight is 361 g/mol. The van der Waals surface area contributed by atoms with Crippen LogP contribution in [0.25, 0.3) is 0 Å². The van der Waals surface area contributed by atoms with Gasteiger partial charge < -0.3 is 24.9 Å². The molecule has 25 heavy (non-hydrogen) atoms. The highest BCUT2D eigenvalue weighted by Crippen LogP contribution is 2.02. The lowest BCUT2D eigenvalue weighted by atomic mass is 10.2. The van der Waals surface area contributed by atoms with E-state index in [-0.39, 0.29) is 12.2 Å². The summed E-state index contributed by atoms with van der Waals surface area (Å²) in [5.41, 5.74) is 0. The minimum absolute atomic E-state index is 0.352. The van der Waals surface area contributed by atoms with Crippen molar-refractivity contribution in [2.45, 2.75) is 45.3 Å². The highest BCUT2D eigenvalue weighted by atomic mass is 16.3. The Morgan fingerprint density at radius 1 is 0.560 bits per heavy atom. The van der Waals surface area contributed by atoms with Crippen molar-refractivity contribution in [2.24, 2.45) is 0 Å². The maximum absolute atomic E-state index is 9.64. The molecule has 0 rings (SSSR count). The maximum atomic E-state index is 9.64. The van der Waals surface area contributed by atoms with E-state index in [0.717, 1.165) is 45.7 Å². The first-order valence-corrected chi connectivity index (χ1v) is 9.81. The van der Waals surface area contributed by atoms with E-state index in [9.17, 15) is 10.2 Å². The second-order valence-corrected chi connectivity index (χ2v) is 7.97. The van der Waals surface area contributed by atoms with Gasteiger partial charge in [-0.3, -0.25) is 4.90 Å². The van der Waals surface area contributed by atoms with Crippen LogP contribution in [0.15, 0.2) is 0 Å². The summed E-state index contributed by atoms with van der Waals surface area (Å²) in [5.74, 6) is 0. The first kappa shape index (κ1) is 24.8. The third-order valence-electron chi connectivity index (χ3n) is 4.15. The summed E-state index contributed by atoms with van der Waals surface area (Å²) in [6.45, 7) is 11.4. The number of rotatable bonds is 16. The molecule has 6 nitrogen and oxygen atoms in total. The van der Waals surface area contributed by atoms with Crippen molar-refractivity contribution in [3.63, 3.8) is 0 Å². The van der Waals surface area contributed by atoms with Gasteiger partial charge in [0.1, 0.15) is 0 Å². The van der Waals surface area contributed by atoms with Gasteiger partial charge in [0.15, 0.2) is 0 Å². The Morgan fingerprint density at radius 3 is 1.20 bits per heavy atom. The Balaban J connectivity index is 4.29. The number of aliphatic hydroxyl groups excluding tert-OH is 2. The van der Waals surface area contributed by atoms with E-state index in [0.29, 0.717) is 13.1 Å². The third kappa shape index (κ3) is 17.0. The van der Waals surface area contributed by atoms with Crippen LogP contribution in [0.1, 0.15) is 33.1 Å². The molecule has 0 aliphatic carbocycles. The van der Waals surface area contributed by atoms with Crippen LogP contribution < -0.4 is 0 Å². The molecule has 2 N–H and O–H groups in total. The molecule has 0 aromatic rings. The van der Waals surface area contributed by atoms with Crippen LogP contribution >= 0.6 is 0 Å². The third-order valence-corrected chi connectivity index (χ3v) is 4.15. The first-order valence-electron chi connectivity index (χ1n) is 9.81. The Bertz CT molecular complexity index is 275. The number of hydrogen-bond donors (Lipinski definition) is 2. The number of nitrogens with zero attached hydrogens (tertiary/aromatic N) is 4. The minimum atomic E-state index is -0.352. The Hall–Kier alpha value is -0.240. The molecule has 0 amide bonds. The van der Waals surface area contributed by atoms with Crippen LogP contribution in [0, 0.1) is 0 Å². The van der Waals surface area contributed by atoms with Gasteiger partial charge in [0.2, 0.25) is 0 Å². The van der Waals surface area contributed by atoms with E-state index in [1.54, 1.807) is 0 Å². The zero-order chi connectivity index (χ0) is 19.2. The molecule has 0 aliphatic heterocycles. The van der Waals surface area contributed by atoms with E-state index in [1.165, 1.54) is 12.8 Å². The van der Waals surface area contributed by atoms with Crippen LogP contribution in [0.2, 0.25) is 0 Å². The molecule has 0 aromatic heterocycles. The topological polar surface area (TPSA) is 53.4 Å². The average Bonchev–Trinajstić information content (AvgIpc) is 2.44. The first-order chi connectivity index (χ1) is 11.7. The Kier molecular flexibility index (Phi) is 14.7. The Labute approximate surface area is 156 Å². The predicted octanol–water partition coefficient (Wildman–Crippen LogP) is 0.646. The number of aliphatic hydroxyl groups is 2. The fourth-order valence-electron chi connectivity index (χ4n) is 3.08. The lowest BCUT2D eigenvalue weighted by Crippen LogP contribution is -2.38. The van der Waals surface area contributed by atoms with Gasteiger partial charge in [0, 0.05) is 13.1 Å². The molecule has 0 saturated carbocycles. The second-order valence-electron chi connectivity index (χ2n) is 7.97. The summed E-state index contributed by atoms with van der Waals surface area (Å²) >= 11 is 0. The molecule has 2 unspecified atom stereocenters. The lowest BCUT2D eigenvalue weighted by molar-refractivity contribution is 0.0804. The van der Waals surface area contributed by atoms with Crippen LogP contribution in [0.4, 0.5) is 0 Å². The molecule has 0 saturated heterocycles. The van der Waals surface area contributed by atoms with Crippen LogP contribution in [0.5, 0.6) is 0 Å². The lowest BCUT2D eigenvalue weighted by Gasteiger charge is -2.28. The fourth-order valence-corrected chi connectivity index (χ4v) is 3.08. The van der Waals surface area contributed by atoms with Crippen molar-refractivity contribution in [1.82, 2.24) is 19.6 Å². The SMILES string of the molecule is CC(O)CN(CCCN(CCCN(C)C)CCCN(C)C)CC(C)O. The smallest absolute Gasteiger partial charge is 0.0639 e. The summed E-state index contributed by atoms with van der Waals surface area (Å²) in [6, 6.07) is 0. The van der Waals surface area contributed by atoms with Crippen molar-refractivity contribution in [2.75, 3.05) is 80.5 Å². The van der Waals surface area contributed by atoms with E-state index < -0.39 is 0 Å². The van der Waals surface area contributed by atoms with Crippen molar-refractivity contribution in [3.8, 4) is 0 Å². The number of hydrogen-bond acceptors (Lipinski definition) is 6. The second kappa shape index (κ2) is 14.9. The van der Waals surface area contributed by atoms with Gasteiger partial charge in [0.05, 0.1) is 12.2 Å². The molecule has 0 aliphatic rings. The molecule has 0 spiro atoms. The summed E-state index contributed by atoms with van der Waals surface area (Å²) in [4.78, 5) is 9.22. The van der Waals surface area contributed by atoms with Crippen LogP contribution in [-0.4, -0.2) is 123 Å². The van der Waals surface area contributed by atoms with Gasteiger partial charge in [0.25, 0.3) is 0 Å². The van der Waals surface area contributed by atoms with E-state index in [2.05, 4.69) is 47.8 Å². The highest BCUT2D eigenvalue weighted by Gasteiger charge is 2.12. The van der Waals surface area contributed by atoms with Crippen LogP contribution in [0.3, 0.4) is 0 Å². The standard InChI is InChI=1S/C19H44N4O2/c1-18(24)16-23(17-19(2)25)15-9-14-22(12-7-10-20(3)4)13-8-11-21(5)6/h18-19,24-25H,7-17H2,1-6H3.